The van der Waals surface area contributed by atoms with E-state index in [0.29, 0.717) is 0 Å². The van der Waals surface area contributed by atoms with Crippen LogP contribution in [-0.2, 0) is 0 Å². The molecule has 6 heteroatoms. The van der Waals surface area contributed by atoms with Gasteiger partial charge in [0.15, 0.2) is 0 Å². The summed E-state index contributed by atoms with van der Waals surface area (Å²) >= 11 is 0. The number of hydrogen-bond acceptors (Lipinski definition) is 6. The molecule has 118 valence electrons. The largest absolute Gasteiger partial charge is 0.411 e. The Morgan fingerprint density at radius 2 is 1.20 bits per heavy atom. The highest BCUT2D eigenvalue weighted by Gasteiger charge is 2.10. The monoisotopic (exact) mass is 286 g/mol. The van der Waals surface area contributed by atoms with E-state index in [2.05, 4.69) is 34.8 Å². The van der Waals surface area contributed by atoms with Crippen LogP contribution in [0.15, 0.2) is 10.3 Å². The van der Waals surface area contributed by atoms with E-state index in [1.807, 2.05) is 13.8 Å². The Morgan fingerprint density at radius 3 is 1.45 bits per heavy atom. The van der Waals surface area contributed by atoms with E-state index in [1.165, 1.54) is 0 Å². The molecule has 0 aromatic rings. The van der Waals surface area contributed by atoms with Crippen LogP contribution in [0, 0.1) is 0 Å². The zero-order valence-corrected chi connectivity index (χ0v) is 13.2. The summed E-state index contributed by atoms with van der Waals surface area (Å²) in [6.45, 7) is 9.58. The molecule has 0 aliphatic heterocycles. The highest BCUT2D eigenvalue weighted by Crippen LogP contribution is 1.98. The van der Waals surface area contributed by atoms with Crippen LogP contribution in [0.1, 0.15) is 53.4 Å². The van der Waals surface area contributed by atoms with Gasteiger partial charge in [0.1, 0.15) is 0 Å². The second-order valence-electron chi connectivity index (χ2n) is 5.02. The maximum Gasteiger partial charge on any atom is 0.0708 e. The van der Waals surface area contributed by atoms with E-state index in [0.717, 1.165) is 50.2 Å². The van der Waals surface area contributed by atoms with Gasteiger partial charge in [-0.25, -0.2) is 0 Å². The smallest absolute Gasteiger partial charge is 0.0708 e. The van der Waals surface area contributed by atoms with E-state index in [-0.39, 0.29) is 12.1 Å². The lowest BCUT2D eigenvalue weighted by molar-refractivity contribution is 0.314. The van der Waals surface area contributed by atoms with Crippen molar-refractivity contribution in [3.8, 4) is 0 Å². The predicted octanol–water partition coefficient (Wildman–Crippen LogP) is 2.20. The number of hydrogen-bond donors (Lipinski definition) is 4. The van der Waals surface area contributed by atoms with E-state index in [4.69, 9.17) is 10.4 Å². The fourth-order valence-electron chi connectivity index (χ4n) is 2.12. The van der Waals surface area contributed by atoms with Crippen LogP contribution in [0.5, 0.6) is 0 Å². The average Bonchev–Trinajstić information content (AvgIpc) is 2.48. The highest BCUT2D eigenvalue weighted by molar-refractivity contribution is 5.87. The molecule has 0 heterocycles. The van der Waals surface area contributed by atoms with Crippen molar-refractivity contribution >= 4 is 11.4 Å². The lowest BCUT2D eigenvalue weighted by Crippen LogP contribution is -2.37. The molecule has 0 aromatic carbocycles. The van der Waals surface area contributed by atoms with Crippen molar-refractivity contribution in [2.45, 2.75) is 65.5 Å². The standard InChI is InChI=1S/C14H30N4O2/c1-5-13(11(3)17-19)15-9-7-8-10-16-14(6-2)12(4)18-20/h13-16,19-20H,5-10H2,1-4H3/b17-11+,18-12+. The van der Waals surface area contributed by atoms with Crippen LogP contribution >= 0.6 is 0 Å². The quantitative estimate of drug-likeness (QED) is 0.203. The molecule has 6 nitrogen and oxygen atoms in total. The average molecular weight is 286 g/mol. The lowest BCUT2D eigenvalue weighted by Gasteiger charge is -2.17. The Morgan fingerprint density at radius 1 is 0.850 bits per heavy atom. The maximum atomic E-state index is 8.75. The molecule has 0 aliphatic rings. The zero-order valence-electron chi connectivity index (χ0n) is 13.2. The molecule has 0 aromatic heterocycles. The summed E-state index contributed by atoms with van der Waals surface area (Å²) in [7, 11) is 0. The predicted molar refractivity (Wildman–Crippen MR) is 83.2 cm³/mol. The molecule has 4 N–H and O–H groups in total. The van der Waals surface area contributed by atoms with Gasteiger partial charge in [0, 0.05) is 12.1 Å². The van der Waals surface area contributed by atoms with Gasteiger partial charge in [0.2, 0.25) is 0 Å². The third kappa shape index (κ3) is 7.45. The van der Waals surface area contributed by atoms with E-state index >= 15 is 0 Å². The fourth-order valence-corrected chi connectivity index (χ4v) is 2.12. The molecule has 0 aliphatic carbocycles. The molecule has 0 amide bonds. The van der Waals surface area contributed by atoms with Crippen LogP contribution in [-0.4, -0.2) is 47.0 Å². The molecule has 0 spiro atoms. The summed E-state index contributed by atoms with van der Waals surface area (Å²) in [5.74, 6) is 0. The molecule has 0 bridgehead atoms. The van der Waals surface area contributed by atoms with Crippen molar-refractivity contribution in [3.63, 3.8) is 0 Å². The summed E-state index contributed by atoms with van der Waals surface area (Å²) in [5.41, 5.74) is 1.46. The van der Waals surface area contributed by atoms with Gasteiger partial charge in [-0.3, -0.25) is 0 Å². The van der Waals surface area contributed by atoms with Gasteiger partial charge in [-0.05, 0) is 52.6 Å². The Bertz CT molecular complexity index is 276. The first kappa shape index (κ1) is 18.9. The van der Waals surface area contributed by atoms with Gasteiger partial charge < -0.3 is 21.0 Å². The minimum atomic E-state index is 0.153. The van der Waals surface area contributed by atoms with Crippen molar-refractivity contribution in [2.24, 2.45) is 10.3 Å². The lowest BCUT2D eigenvalue weighted by atomic mass is 10.1. The van der Waals surface area contributed by atoms with Gasteiger partial charge in [-0.1, -0.05) is 24.2 Å². The van der Waals surface area contributed by atoms with Gasteiger partial charge in [0.05, 0.1) is 11.4 Å². The molecular weight excluding hydrogens is 256 g/mol. The van der Waals surface area contributed by atoms with Gasteiger partial charge in [-0.2, -0.15) is 0 Å². The number of nitrogens with zero attached hydrogens (tertiary/aromatic N) is 2. The van der Waals surface area contributed by atoms with Crippen molar-refractivity contribution in [3.05, 3.63) is 0 Å². The first-order valence-corrected chi connectivity index (χ1v) is 7.44. The summed E-state index contributed by atoms with van der Waals surface area (Å²) in [4.78, 5) is 0. The normalized spacial score (nSPS) is 16.2. The molecule has 2 atom stereocenters. The summed E-state index contributed by atoms with van der Waals surface area (Å²) in [6, 6.07) is 0.306. The number of unbranched alkanes of at least 4 members (excludes halogenated alkanes) is 1. The fraction of sp³-hybridized carbons (Fsp3) is 0.857. The van der Waals surface area contributed by atoms with E-state index in [9.17, 15) is 0 Å². The Hall–Kier alpha value is -1.14. The Balaban J connectivity index is 3.76. The zero-order chi connectivity index (χ0) is 15.4. The third-order valence-electron chi connectivity index (χ3n) is 3.53. The number of nitrogens with one attached hydrogen (secondary N) is 2. The molecule has 20 heavy (non-hydrogen) atoms. The SMILES string of the molecule is CCC(NCCCCNC(CC)/C(C)=N/O)/C(C)=N/O. The molecule has 0 radical (unpaired) electrons. The Labute approximate surface area is 122 Å². The van der Waals surface area contributed by atoms with E-state index in [1.54, 1.807) is 0 Å². The molecule has 0 rings (SSSR count). The van der Waals surface area contributed by atoms with Gasteiger partial charge in [0.25, 0.3) is 0 Å². The molecule has 0 fully saturated rings. The maximum absolute atomic E-state index is 8.75. The van der Waals surface area contributed by atoms with Crippen molar-refractivity contribution in [1.82, 2.24) is 10.6 Å². The number of oxime groups is 2. The molecule has 0 saturated heterocycles. The summed E-state index contributed by atoms with van der Waals surface area (Å²) in [6.07, 6.45) is 3.93. The minimum absolute atomic E-state index is 0.153. The van der Waals surface area contributed by atoms with Crippen LogP contribution < -0.4 is 10.6 Å². The molecular formula is C14H30N4O2. The second kappa shape index (κ2) is 11.7. The summed E-state index contributed by atoms with van der Waals surface area (Å²) < 4.78 is 0. The highest BCUT2D eigenvalue weighted by atomic mass is 16.4. The first-order valence-electron chi connectivity index (χ1n) is 7.44. The minimum Gasteiger partial charge on any atom is -0.411 e. The third-order valence-corrected chi connectivity index (χ3v) is 3.53. The van der Waals surface area contributed by atoms with Crippen LogP contribution in [0.25, 0.3) is 0 Å². The topological polar surface area (TPSA) is 89.2 Å². The van der Waals surface area contributed by atoms with Gasteiger partial charge in [-0.15, -0.1) is 0 Å². The first-order chi connectivity index (χ1) is 9.60. The van der Waals surface area contributed by atoms with Crippen LogP contribution in [0.3, 0.4) is 0 Å². The van der Waals surface area contributed by atoms with Crippen molar-refractivity contribution in [2.75, 3.05) is 13.1 Å². The van der Waals surface area contributed by atoms with E-state index < -0.39 is 0 Å². The Kier molecular flexibility index (Phi) is 11.0. The van der Waals surface area contributed by atoms with Crippen LogP contribution in [0.2, 0.25) is 0 Å². The van der Waals surface area contributed by atoms with Crippen molar-refractivity contribution in [1.29, 1.82) is 0 Å². The molecule has 0 saturated carbocycles. The van der Waals surface area contributed by atoms with Crippen molar-refractivity contribution < 1.29 is 10.4 Å². The van der Waals surface area contributed by atoms with Crippen LogP contribution in [0.4, 0.5) is 0 Å². The number of rotatable bonds is 11. The second-order valence-corrected chi connectivity index (χ2v) is 5.02. The summed E-state index contributed by atoms with van der Waals surface area (Å²) in [5, 5.41) is 30.7. The van der Waals surface area contributed by atoms with Gasteiger partial charge >= 0.3 is 0 Å². The molecule has 2 unspecified atom stereocenters.